The van der Waals surface area contributed by atoms with Gasteiger partial charge in [-0.3, -0.25) is 4.79 Å². The van der Waals surface area contributed by atoms with Gasteiger partial charge in [-0.1, -0.05) is 30.3 Å². The number of carbonyl (C=O) groups excluding carboxylic acids is 1. The molecule has 0 radical (unpaired) electrons. The fourth-order valence-electron chi connectivity index (χ4n) is 3.65. The maximum absolute atomic E-state index is 13.1. The summed E-state index contributed by atoms with van der Waals surface area (Å²) < 4.78 is 32.9. The van der Waals surface area contributed by atoms with Crippen LogP contribution < -0.4 is 0 Å². The average molecular weight is 426 g/mol. The van der Waals surface area contributed by atoms with E-state index in [1.54, 1.807) is 30.3 Å². The second-order valence-corrected chi connectivity index (χ2v) is 9.18. The van der Waals surface area contributed by atoms with Crippen LogP contribution in [-0.2, 0) is 26.2 Å². The van der Waals surface area contributed by atoms with Crippen LogP contribution in [0.1, 0.15) is 30.7 Å². The molecule has 0 spiro atoms. The van der Waals surface area contributed by atoms with E-state index in [0.717, 1.165) is 17.5 Å². The van der Waals surface area contributed by atoms with Crippen molar-refractivity contribution in [2.45, 2.75) is 43.7 Å². The molecule has 0 amide bonds. The van der Waals surface area contributed by atoms with Crippen LogP contribution in [0.4, 0.5) is 0 Å². The number of carbonyl (C=O) groups is 1. The number of hydrogen-bond acceptors (Lipinski definition) is 6. The minimum absolute atomic E-state index is 0.0434. The zero-order chi connectivity index (χ0) is 21.1. The van der Waals surface area contributed by atoms with Crippen molar-refractivity contribution in [1.29, 1.82) is 0 Å². The van der Waals surface area contributed by atoms with Crippen LogP contribution in [-0.4, -0.2) is 41.2 Å². The molecule has 2 aromatic carbocycles. The lowest BCUT2D eigenvalue weighted by Gasteiger charge is -2.33. The first-order valence-electron chi connectivity index (χ1n) is 9.92. The predicted octanol–water partition coefficient (Wildman–Crippen LogP) is 3.22. The van der Waals surface area contributed by atoms with Crippen LogP contribution >= 0.6 is 0 Å². The molecule has 156 valence electrons. The van der Waals surface area contributed by atoms with Crippen LogP contribution in [0.15, 0.2) is 59.5 Å². The average Bonchev–Trinajstić information content (AvgIpc) is 2.78. The van der Waals surface area contributed by atoms with E-state index in [0.29, 0.717) is 30.8 Å². The molecule has 4 rings (SSSR count). The molecular formula is C22H23N3O4S. The second kappa shape index (κ2) is 8.49. The monoisotopic (exact) mass is 425 g/mol. The van der Waals surface area contributed by atoms with Crippen molar-refractivity contribution >= 4 is 27.0 Å². The molecule has 1 atom stereocenters. The SMILES string of the molecule is Cc1nc2ccccc2nc1COC(=O)[C@H]1CCCCN1S(=O)(=O)c1ccccc1. The van der Waals surface area contributed by atoms with Crippen molar-refractivity contribution in [3.63, 3.8) is 0 Å². The Morgan fingerprint density at radius 3 is 2.43 bits per heavy atom. The number of nitrogens with zero attached hydrogens (tertiary/aromatic N) is 3. The smallest absolute Gasteiger partial charge is 0.324 e. The third-order valence-corrected chi connectivity index (χ3v) is 7.19. The zero-order valence-corrected chi connectivity index (χ0v) is 17.5. The van der Waals surface area contributed by atoms with Gasteiger partial charge in [-0.15, -0.1) is 0 Å². The molecule has 7 nitrogen and oxygen atoms in total. The van der Waals surface area contributed by atoms with Gasteiger partial charge >= 0.3 is 5.97 Å². The molecule has 1 aromatic heterocycles. The number of aryl methyl sites for hydroxylation is 1. The highest BCUT2D eigenvalue weighted by Crippen LogP contribution is 2.26. The van der Waals surface area contributed by atoms with Crippen molar-refractivity contribution < 1.29 is 17.9 Å². The Labute approximate surface area is 175 Å². The van der Waals surface area contributed by atoms with Gasteiger partial charge in [-0.05, 0) is 50.5 Å². The van der Waals surface area contributed by atoms with Gasteiger partial charge in [0.2, 0.25) is 10.0 Å². The van der Waals surface area contributed by atoms with Crippen molar-refractivity contribution in [3.05, 3.63) is 66.0 Å². The van der Waals surface area contributed by atoms with Crippen LogP contribution in [0.2, 0.25) is 0 Å². The number of aromatic nitrogens is 2. The number of benzene rings is 2. The minimum atomic E-state index is -3.77. The summed E-state index contributed by atoms with van der Waals surface area (Å²) in [5, 5.41) is 0. The minimum Gasteiger partial charge on any atom is -0.458 e. The lowest BCUT2D eigenvalue weighted by atomic mass is 10.1. The fraction of sp³-hybridized carbons (Fsp3) is 0.318. The highest BCUT2D eigenvalue weighted by Gasteiger charge is 2.38. The first-order chi connectivity index (χ1) is 14.5. The lowest BCUT2D eigenvalue weighted by molar-refractivity contribution is -0.150. The normalized spacial score (nSPS) is 17.7. The van der Waals surface area contributed by atoms with Gasteiger partial charge in [0.15, 0.2) is 0 Å². The van der Waals surface area contributed by atoms with Gasteiger partial charge in [-0.25, -0.2) is 18.4 Å². The van der Waals surface area contributed by atoms with E-state index in [2.05, 4.69) is 9.97 Å². The van der Waals surface area contributed by atoms with Gasteiger partial charge < -0.3 is 4.74 Å². The number of sulfonamides is 1. The summed E-state index contributed by atoms with van der Waals surface area (Å²) in [6.07, 6.45) is 1.92. The fourth-order valence-corrected chi connectivity index (χ4v) is 5.32. The molecular weight excluding hydrogens is 402 g/mol. The topological polar surface area (TPSA) is 89.5 Å². The number of ether oxygens (including phenoxy) is 1. The number of fused-ring (bicyclic) bond motifs is 1. The van der Waals surface area contributed by atoms with Crippen LogP contribution in [0.5, 0.6) is 0 Å². The molecule has 1 fully saturated rings. The Bertz CT molecular complexity index is 1170. The van der Waals surface area contributed by atoms with Gasteiger partial charge in [0.05, 0.1) is 27.3 Å². The third kappa shape index (κ3) is 4.06. The van der Waals surface area contributed by atoms with E-state index in [-0.39, 0.29) is 11.5 Å². The molecule has 30 heavy (non-hydrogen) atoms. The molecule has 8 heteroatoms. The molecule has 0 N–H and O–H groups in total. The number of piperidine rings is 1. The molecule has 0 saturated carbocycles. The molecule has 0 aliphatic carbocycles. The Kier molecular flexibility index (Phi) is 5.78. The maximum atomic E-state index is 13.1. The predicted molar refractivity (Wildman–Crippen MR) is 112 cm³/mol. The van der Waals surface area contributed by atoms with Crippen molar-refractivity contribution in [1.82, 2.24) is 14.3 Å². The largest absolute Gasteiger partial charge is 0.458 e. The first kappa shape index (κ1) is 20.4. The van der Waals surface area contributed by atoms with Gasteiger partial charge in [0.25, 0.3) is 0 Å². The number of rotatable bonds is 5. The van der Waals surface area contributed by atoms with Crippen molar-refractivity contribution in [2.75, 3.05) is 6.54 Å². The lowest BCUT2D eigenvalue weighted by Crippen LogP contribution is -2.48. The van der Waals surface area contributed by atoms with Crippen molar-refractivity contribution in [2.24, 2.45) is 0 Å². The van der Waals surface area contributed by atoms with Gasteiger partial charge in [-0.2, -0.15) is 4.31 Å². The standard InChI is InChI=1S/C22H23N3O4S/c1-16-20(24-19-12-6-5-11-18(19)23-16)15-29-22(26)21-13-7-8-14-25(21)30(27,28)17-9-3-2-4-10-17/h2-6,9-12,21H,7-8,13-15H2,1H3/t21-/m1/s1. The van der Waals surface area contributed by atoms with E-state index in [4.69, 9.17) is 4.74 Å². The van der Waals surface area contributed by atoms with Crippen molar-refractivity contribution in [3.8, 4) is 0 Å². The number of para-hydroxylation sites is 2. The third-order valence-electron chi connectivity index (χ3n) is 5.27. The molecule has 1 aliphatic heterocycles. The molecule has 1 aliphatic rings. The molecule has 0 unspecified atom stereocenters. The Morgan fingerprint density at radius 2 is 1.70 bits per heavy atom. The van der Waals surface area contributed by atoms with Gasteiger partial charge in [0, 0.05) is 6.54 Å². The van der Waals surface area contributed by atoms with E-state index >= 15 is 0 Å². The summed E-state index contributed by atoms with van der Waals surface area (Å²) in [6.45, 7) is 2.07. The highest BCUT2D eigenvalue weighted by atomic mass is 32.2. The number of hydrogen-bond donors (Lipinski definition) is 0. The number of esters is 1. The van der Waals surface area contributed by atoms with Crippen LogP contribution in [0.25, 0.3) is 11.0 Å². The van der Waals surface area contributed by atoms with Gasteiger partial charge in [0.1, 0.15) is 12.6 Å². The summed E-state index contributed by atoms with van der Waals surface area (Å²) in [5.41, 5.74) is 2.74. The molecule has 0 bridgehead atoms. The summed E-state index contributed by atoms with van der Waals surface area (Å²) in [7, 11) is -3.77. The van der Waals surface area contributed by atoms with E-state index in [1.807, 2.05) is 31.2 Å². The Morgan fingerprint density at radius 1 is 1.03 bits per heavy atom. The summed E-state index contributed by atoms with van der Waals surface area (Å²) in [6, 6.07) is 14.8. The molecule has 2 heterocycles. The molecule has 1 saturated heterocycles. The quantitative estimate of drug-likeness (QED) is 0.583. The summed E-state index contributed by atoms with van der Waals surface area (Å²) in [4.78, 5) is 22.1. The Hall–Kier alpha value is -2.84. The second-order valence-electron chi connectivity index (χ2n) is 7.29. The Balaban J connectivity index is 1.52. The highest BCUT2D eigenvalue weighted by molar-refractivity contribution is 7.89. The molecule has 3 aromatic rings. The summed E-state index contributed by atoms with van der Waals surface area (Å²) in [5.74, 6) is -0.552. The van der Waals surface area contributed by atoms with E-state index in [9.17, 15) is 13.2 Å². The zero-order valence-electron chi connectivity index (χ0n) is 16.7. The van der Waals surface area contributed by atoms with E-state index in [1.165, 1.54) is 4.31 Å². The van der Waals surface area contributed by atoms with E-state index < -0.39 is 22.0 Å². The van der Waals surface area contributed by atoms with Crippen LogP contribution in [0.3, 0.4) is 0 Å². The van der Waals surface area contributed by atoms with Crippen LogP contribution in [0, 0.1) is 6.92 Å². The summed E-state index contributed by atoms with van der Waals surface area (Å²) >= 11 is 0. The maximum Gasteiger partial charge on any atom is 0.324 e. The first-order valence-corrected chi connectivity index (χ1v) is 11.4.